The molecule has 0 aliphatic heterocycles. The fraction of sp³-hybridized carbons (Fsp3) is 0.632. The van der Waals surface area contributed by atoms with Gasteiger partial charge < -0.3 is 0 Å². The lowest BCUT2D eigenvalue weighted by atomic mass is 9.78. The van der Waals surface area contributed by atoms with Crippen molar-refractivity contribution in [3.8, 4) is 0 Å². The minimum Gasteiger partial charge on any atom is -0.295 e. The first-order chi connectivity index (χ1) is 9.52. The molecule has 1 heteroatoms. The molecule has 1 aromatic carbocycles. The number of hydrogen-bond donors (Lipinski definition) is 0. The molecule has 0 amide bonds. The van der Waals surface area contributed by atoms with Crippen molar-refractivity contribution in [3.63, 3.8) is 0 Å². The Bertz CT molecular complexity index is 467. The molecule has 1 saturated carbocycles. The third kappa shape index (κ3) is 3.31. The lowest BCUT2D eigenvalue weighted by molar-refractivity contribution is 0.101. The summed E-state index contributed by atoms with van der Waals surface area (Å²) in [4.78, 5) is 12.0. The van der Waals surface area contributed by atoms with Gasteiger partial charge in [-0.1, -0.05) is 45.7 Å². The number of benzene rings is 1. The molecule has 1 unspecified atom stereocenters. The van der Waals surface area contributed by atoms with Crippen LogP contribution >= 0.6 is 0 Å². The molecule has 1 aliphatic rings. The first-order valence-electron chi connectivity index (χ1n) is 8.17. The summed E-state index contributed by atoms with van der Waals surface area (Å²) >= 11 is 0. The van der Waals surface area contributed by atoms with Gasteiger partial charge in [-0.2, -0.15) is 0 Å². The van der Waals surface area contributed by atoms with Gasteiger partial charge in [0, 0.05) is 5.56 Å². The molecule has 0 heterocycles. The van der Waals surface area contributed by atoms with Crippen LogP contribution < -0.4 is 0 Å². The van der Waals surface area contributed by atoms with E-state index in [1.165, 1.54) is 36.8 Å². The zero-order valence-electron chi connectivity index (χ0n) is 13.4. The second-order valence-electron chi connectivity index (χ2n) is 6.67. The van der Waals surface area contributed by atoms with Crippen molar-refractivity contribution in [3.05, 3.63) is 34.9 Å². The Hall–Kier alpha value is -1.11. The topological polar surface area (TPSA) is 17.1 Å². The summed E-state index contributed by atoms with van der Waals surface area (Å²) in [5.74, 6) is 2.22. The van der Waals surface area contributed by atoms with Crippen molar-refractivity contribution in [1.29, 1.82) is 0 Å². The maximum absolute atomic E-state index is 12.0. The molecule has 110 valence electrons. The highest BCUT2D eigenvalue weighted by Gasteiger charge is 2.21. The van der Waals surface area contributed by atoms with Gasteiger partial charge in [-0.25, -0.2) is 0 Å². The molecule has 0 bridgehead atoms. The molecule has 20 heavy (non-hydrogen) atoms. The Balaban J connectivity index is 2.28. The van der Waals surface area contributed by atoms with Crippen LogP contribution in [0.25, 0.3) is 0 Å². The van der Waals surface area contributed by atoms with Crippen molar-refractivity contribution in [1.82, 2.24) is 0 Å². The van der Waals surface area contributed by atoms with Gasteiger partial charge in [0.15, 0.2) is 5.78 Å². The van der Waals surface area contributed by atoms with Gasteiger partial charge in [-0.15, -0.1) is 0 Å². The fourth-order valence-electron chi connectivity index (χ4n) is 3.38. The summed E-state index contributed by atoms with van der Waals surface area (Å²) < 4.78 is 0. The Morgan fingerprint density at radius 2 is 1.90 bits per heavy atom. The van der Waals surface area contributed by atoms with E-state index in [1.54, 1.807) is 6.92 Å². The van der Waals surface area contributed by atoms with Gasteiger partial charge >= 0.3 is 0 Å². The standard InChI is InChI=1S/C19H28O/c1-5-14(3)18-11-10-17(12-19(18)15(4)20)16-8-6-13(2)7-9-16/h10-14,16H,5-9H2,1-4H3. The van der Waals surface area contributed by atoms with Crippen LogP contribution in [-0.4, -0.2) is 5.78 Å². The maximum Gasteiger partial charge on any atom is 0.160 e. The van der Waals surface area contributed by atoms with Gasteiger partial charge in [0.2, 0.25) is 0 Å². The quantitative estimate of drug-likeness (QED) is 0.643. The molecule has 1 fully saturated rings. The van der Waals surface area contributed by atoms with Crippen LogP contribution in [0.2, 0.25) is 0 Å². The van der Waals surface area contributed by atoms with E-state index in [1.807, 2.05) is 0 Å². The molecule has 0 aromatic heterocycles. The van der Waals surface area contributed by atoms with Crippen LogP contribution in [0.1, 0.15) is 93.1 Å². The lowest BCUT2D eigenvalue weighted by Crippen LogP contribution is -2.12. The Morgan fingerprint density at radius 1 is 1.25 bits per heavy atom. The maximum atomic E-state index is 12.0. The van der Waals surface area contributed by atoms with Gasteiger partial charge in [0.1, 0.15) is 0 Å². The molecular weight excluding hydrogens is 244 g/mol. The largest absolute Gasteiger partial charge is 0.295 e. The second kappa shape index (κ2) is 6.56. The van der Waals surface area contributed by atoms with E-state index >= 15 is 0 Å². The molecular formula is C19H28O. The average Bonchev–Trinajstić information content (AvgIpc) is 2.46. The molecule has 0 radical (unpaired) electrons. The van der Waals surface area contributed by atoms with Crippen molar-refractivity contribution < 1.29 is 4.79 Å². The molecule has 1 aliphatic carbocycles. The number of ketones is 1. The van der Waals surface area contributed by atoms with Crippen LogP contribution in [0.4, 0.5) is 0 Å². The number of carbonyl (C=O) groups excluding carboxylic acids is 1. The monoisotopic (exact) mass is 272 g/mol. The molecule has 2 rings (SSSR count). The normalized spacial score (nSPS) is 24.4. The number of rotatable bonds is 4. The zero-order chi connectivity index (χ0) is 14.7. The predicted octanol–water partition coefficient (Wildman–Crippen LogP) is 5.70. The van der Waals surface area contributed by atoms with Crippen LogP contribution in [0.5, 0.6) is 0 Å². The van der Waals surface area contributed by atoms with Crippen molar-refractivity contribution in [2.45, 2.75) is 71.6 Å². The molecule has 1 atom stereocenters. The minimum atomic E-state index is 0.214. The number of hydrogen-bond acceptors (Lipinski definition) is 1. The molecule has 0 saturated heterocycles. The third-order valence-electron chi connectivity index (χ3n) is 5.09. The van der Waals surface area contributed by atoms with Gasteiger partial charge in [-0.05, 0) is 61.1 Å². The lowest BCUT2D eigenvalue weighted by Gasteiger charge is -2.27. The van der Waals surface area contributed by atoms with E-state index in [-0.39, 0.29) is 5.78 Å². The summed E-state index contributed by atoms with van der Waals surface area (Å²) in [5.41, 5.74) is 3.57. The Labute approximate surface area is 123 Å². The molecule has 1 nitrogen and oxygen atoms in total. The van der Waals surface area contributed by atoms with Crippen LogP contribution in [-0.2, 0) is 0 Å². The Kier molecular flexibility index (Phi) is 5.01. The minimum absolute atomic E-state index is 0.214. The van der Waals surface area contributed by atoms with Gasteiger partial charge in [0.05, 0.1) is 0 Å². The summed E-state index contributed by atoms with van der Waals surface area (Å²) in [6.45, 7) is 8.45. The molecule has 0 spiro atoms. The highest BCUT2D eigenvalue weighted by atomic mass is 16.1. The molecule has 1 aromatic rings. The SMILES string of the molecule is CCC(C)c1ccc(C2CCC(C)CC2)cc1C(C)=O. The van der Waals surface area contributed by atoms with Crippen molar-refractivity contribution in [2.75, 3.05) is 0 Å². The molecule has 0 N–H and O–H groups in total. The van der Waals surface area contributed by atoms with E-state index in [0.29, 0.717) is 11.8 Å². The van der Waals surface area contributed by atoms with Crippen LogP contribution in [0, 0.1) is 5.92 Å². The summed E-state index contributed by atoms with van der Waals surface area (Å²) in [7, 11) is 0. The Morgan fingerprint density at radius 3 is 2.45 bits per heavy atom. The van der Waals surface area contributed by atoms with Crippen LogP contribution in [0.3, 0.4) is 0 Å². The van der Waals surface area contributed by atoms with Crippen LogP contribution in [0.15, 0.2) is 18.2 Å². The van der Waals surface area contributed by atoms with Gasteiger partial charge in [-0.3, -0.25) is 4.79 Å². The fourth-order valence-corrected chi connectivity index (χ4v) is 3.38. The number of carbonyl (C=O) groups is 1. The van der Waals surface area contributed by atoms with Crippen molar-refractivity contribution in [2.24, 2.45) is 5.92 Å². The average molecular weight is 272 g/mol. The summed E-state index contributed by atoms with van der Waals surface area (Å²) in [6.07, 6.45) is 6.29. The third-order valence-corrected chi connectivity index (χ3v) is 5.09. The van der Waals surface area contributed by atoms with E-state index in [2.05, 4.69) is 39.0 Å². The van der Waals surface area contributed by atoms with E-state index in [9.17, 15) is 4.79 Å². The second-order valence-corrected chi connectivity index (χ2v) is 6.67. The highest BCUT2D eigenvalue weighted by molar-refractivity contribution is 5.96. The number of Topliss-reactive ketones (excluding diaryl/α,β-unsaturated/α-hetero) is 1. The zero-order valence-corrected chi connectivity index (χ0v) is 13.4. The van der Waals surface area contributed by atoms with E-state index in [0.717, 1.165) is 17.9 Å². The summed E-state index contributed by atoms with van der Waals surface area (Å²) in [6, 6.07) is 6.66. The highest BCUT2D eigenvalue weighted by Crippen LogP contribution is 2.37. The van der Waals surface area contributed by atoms with E-state index < -0.39 is 0 Å². The van der Waals surface area contributed by atoms with E-state index in [4.69, 9.17) is 0 Å². The smallest absolute Gasteiger partial charge is 0.160 e. The van der Waals surface area contributed by atoms with Gasteiger partial charge in [0.25, 0.3) is 0 Å². The predicted molar refractivity (Wildman–Crippen MR) is 85.5 cm³/mol. The summed E-state index contributed by atoms with van der Waals surface area (Å²) in [5, 5.41) is 0. The first kappa shape index (κ1) is 15.3. The first-order valence-corrected chi connectivity index (χ1v) is 8.17. The van der Waals surface area contributed by atoms with Crippen molar-refractivity contribution >= 4 is 5.78 Å².